The van der Waals surface area contributed by atoms with Gasteiger partial charge >= 0.3 is 0 Å². The van der Waals surface area contributed by atoms with Crippen LogP contribution in [-0.2, 0) is 13.0 Å². The van der Waals surface area contributed by atoms with Gasteiger partial charge in [-0.15, -0.1) is 4.91 Å². The summed E-state index contributed by atoms with van der Waals surface area (Å²) in [6.45, 7) is 3.25. The molecule has 1 N–H and O–H groups in total. The molecule has 0 unspecified atom stereocenters. The summed E-state index contributed by atoms with van der Waals surface area (Å²) in [6, 6.07) is 1.30. The quantitative estimate of drug-likeness (QED) is 0.757. The number of halogens is 1. The lowest BCUT2D eigenvalue weighted by molar-refractivity contribution is 0.280. The van der Waals surface area contributed by atoms with E-state index in [0.29, 0.717) is 17.5 Å². The van der Waals surface area contributed by atoms with Crippen molar-refractivity contribution in [2.24, 2.45) is 5.18 Å². The molecule has 76 valence electrons. The first-order valence-corrected chi connectivity index (χ1v) is 4.40. The van der Waals surface area contributed by atoms with Crippen molar-refractivity contribution in [3.05, 3.63) is 33.5 Å². The number of aliphatic hydroxyl groups is 1. The Labute approximate surface area is 81.5 Å². The van der Waals surface area contributed by atoms with E-state index in [2.05, 4.69) is 5.18 Å². The Morgan fingerprint density at radius 1 is 1.57 bits per heavy atom. The summed E-state index contributed by atoms with van der Waals surface area (Å²) in [6.07, 6.45) is 0.623. The van der Waals surface area contributed by atoms with E-state index in [-0.39, 0.29) is 12.3 Å². The van der Waals surface area contributed by atoms with Crippen molar-refractivity contribution in [1.82, 2.24) is 0 Å². The molecule has 0 aliphatic carbocycles. The van der Waals surface area contributed by atoms with Crippen LogP contribution in [0.15, 0.2) is 11.2 Å². The fraction of sp³-hybridized carbons (Fsp3) is 0.400. The average Bonchev–Trinajstić information content (AvgIpc) is 2.21. The summed E-state index contributed by atoms with van der Waals surface area (Å²) < 4.78 is 13.4. The predicted molar refractivity (Wildman–Crippen MR) is 51.9 cm³/mol. The minimum absolute atomic E-state index is 0.202. The van der Waals surface area contributed by atoms with Gasteiger partial charge in [-0.3, -0.25) is 0 Å². The molecule has 0 atom stereocenters. The molecule has 4 heteroatoms. The van der Waals surface area contributed by atoms with Crippen LogP contribution in [0.5, 0.6) is 0 Å². The zero-order chi connectivity index (χ0) is 10.7. The molecule has 0 spiro atoms. The summed E-state index contributed by atoms with van der Waals surface area (Å²) in [5.41, 5.74) is 1.48. The van der Waals surface area contributed by atoms with Gasteiger partial charge in [-0.2, -0.15) is 0 Å². The van der Waals surface area contributed by atoms with Crippen molar-refractivity contribution in [1.29, 1.82) is 0 Å². The third-order valence-electron chi connectivity index (χ3n) is 2.33. The minimum atomic E-state index is -0.589. The Balaban J connectivity index is 3.45. The van der Waals surface area contributed by atoms with Gasteiger partial charge in [0.25, 0.3) is 0 Å². The number of hydrogen-bond acceptors (Lipinski definition) is 3. The van der Waals surface area contributed by atoms with E-state index in [4.69, 9.17) is 5.11 Å². The number of hydrogen-bond donors (Lipinski definition) is 1. The first-order valence-electron chi connectivity index (χ1n) is 4.40. The largest absolute Gasteiger partial charge is 0.392 e. The Kier molecular flexibility index (Phi) is 3.30. The van der Waals surface area contributed by atoms with Gasteiger partial charge in [-0.25, -0.2) is 4.39 Å². The first-order chi connectivity index (χ1) is 6.65. The maximum Gasteiger partial charge on any atom is 0.155 e. The molecule has 1 aromatic carbocycles. The van der Waals surface area contributed by atoms with Crippen molar-refractivity contribution in [2.45, 2.75) is 26.9 Å². The molecule has 0 aliphatic heterocycles. The molecule has 14 heavy (non-hydrogen) atoms. The van der Waals surface area contributed by atoms with Gasteiger partial charge in [0.05, 0.1) is 6.61 Å². The molecule has 0 saturated heterocycles. The lowest BCUT2D eigenvalue weighted by Crippen LogP contribution is -1.99. The molecule has 3 nitrogen and oxygen atoms in total. The molecule has 0 heterocycles. The maximum atomic E-state index is 13.4. The molecular weight excluding hydrogens is 185 g/mol. The summed E-state index contributed by atoms with van der Waals surface area (Å²) in [5, 5.41) is 11.6. The second kappa shape index (κ2) is 4.28. The second-order valence-electron chi connectivity index (χ2n) is 3.08. The van der Waals surface area contributed by atoms with Gasteiger partial charge < -0.3 is 5.11 Å². The number of aliphatic hydroxyl groups excluding tert-OH is 1. The summed E-state index contributed by atoms with van der Waals surface area (Å²) >= 11 is 0. The van der Waals surface area contributed by atoms with Gasteiger partial charge in [-0.1, -0.05) is 6.92 Å². The maximum absolute atomic E-state index is 13.4. The van der Waals surface area contributed by atoms with Crippen LogP contribution in [-0.4, -0.2) is 5.11 Å². The highest BCUT2D eigenvalue weighted by Crippen LogP contribution is 2.27. The Morgan fingerprint density at radius 3 is 2.64 bits per heavy atom. The normalized spacial score (nSPS) is 10.3. The van der Waals surface area contributed by atoms with Gasteiger partial charge in [0.15, 0.2) is 5.82 Å². The van der Waals surface area contributed by atoms with Crippen LogP contribution < -0.4 is 0 Å². The van der Waals surface area contributed by atoms with E-state index in [1.54, 1.807) is 6.92 Å². The Hall–Kier alpha value is -1.29. The Bertz CT molecular complexity index is 364. The van der Waals surface area contributed by atoms with Gasteiger partial charge in [-0.05, 0) is 41.3 Å². The molecular formula is C10H12FNO2. The topological polar surface area (TPSA) is 49.7 Å². The monoisotopic (exact) mass is 197 g/mol. The highest BCUT2D eigenvalue weighted by atomic mass is 19.1. The van der Waals surface area contributed by atoms with Crippen LogP contribution in [0.1, 0.15) is 23.6 Å². The fourth-order valence-electron chi connectivity index (χ4n) is 1.58. The lowest BCUT2D eigenvalue weighted by Gasteiger charge is -2.10. The van der Waals surface area contributed by atoms with Crippen LogP contribution in [0.25, 0.3) is 0 Å². The smallest absolute Gasteiger partial charge is 0.155 e. The molecule has 0 amide bonds. The molecule has 0 saturated carbocycles. The lowest BCUT2D eigenvalue weighted by atomic mass is 9.98. The highest BCUT2D eigenvalue weighted by molar-refractivity contribution is 5.50. The van der Waals surface area contributed by atoms with Crippen LogP contribution in [0.3, 0.4) is 0 Å². The van der Waals surface area contributed by atoms with Crippen LogP contribution in [0, 0.1) is 17.6 Å². The zero-order valence-corrected chi connectivity index (χ0v) is 8.17. The van der Waals surface area contributed by atoms with Gasteiger partial charge in [0.2, 0.25) is 0 Å². The number of nitrogens with zero attached hydrogens (tertiary/aromatic N) is 1. The van der Waals surface area contributed by atoms with Crippen molar-refractivity contribution < 1.29 is 9.50 Å². The zero-order valence-electron chi connectivity index (χ0n) is 8.17. The SMILES string of the molecule is CCc1c(CO)cc(N=O)c(F)c1C. The minimum Gasteiger partial charge on any atom is -0.392 e. The molecule has 0 aromatic heterocycles. The number of rotatable bonds is 3. The van der Waals surface area contributed by atoms with E-state index in [1.165, 1.54) is 6.07 Å². The molecule has 0 radical (unpaired) electrons. The van der Waals surface area contributed by atoms with E-state index in [9.17, 15) is 9.30 Å². The fourth-order valence-corrected chi connectivity index (χ4v) is 1.58. The van der Waals surface area contributed by atoms with Crippen molar-refractivity contribution in [3.8, 4) is 0 Å². The van der Waals surface area contributed by atoms with Crippen LogP contribution in [0.2, 0.25) is 0 Å². The number of nitroso groups, excluding NO2 is 1. The highest BCUT2D eigenvalue weighted by Gasteiger charge is 2.13. The molecule has 0 aliphatic rings. The summed E-state index contributed by atoms with van der Waals surface area (Å²) in [4.78, 5) is 10.3. The van der Waals surface area contributed by atoms with Crippen molar-refractivity contribution >= 4 is 5.69 Å². The van der Waals surface area contributed by atoms with Crippen LogP contribution >= 0.6 is 0 Å². The van der Waals surface area contributed by atoms with E-state index >= 15 is 0 Å². The Morgan fingerprint density at radius 2 is 2.21 bits per heavy atom. The molecule has 1 rings (SSSR count). The van der Waals surface area contributed by atoms with Crippen molar-refractivity contribution in [2.75, 3.05) is 0 Å². The standard InChI is InChI=1S/C10H12FNO2/c1-3-8-6(2)10(11)9(12-14)4-7(8)5-13/h4,13H,3,5H2,1-2H3. The van der Waals surface area contributed by atoms with Crippen LogP contribution in [0.4, 0.5) is 10.1 Å². The first kappa shape index (κ1) is 10.8. The summed E-state index contributed by atoms with van der Waals surface area (Å²) in [5.74, 6) is -0.589. The third kappa shape index (κ3) is 1.65. The molecule has 0 bridgehead atoms. The predicted octanol–water partition coefficient (Wildman–Crippen LogP) is 2.59. The van der Waals surface area contributed by atoms with E-state index < -0.39 is 5.82 Å². The average molecular weight is 197 g/mol. The van der Waals surface area contributed by atoms with E-state index in [0.717, 1.165) is 5.56 Å². The summed E-state index contributed by atoms with van der Waals surface area (Å²) in [7, 11) is 0. The van der Waals surface area contributed by atoms with Crippen molar-refractivity contribution in [3.63, 3.8) is 0 Å². The number of benzene rings is 1. The van der Waals surface area contributed by atoms with E-state index in [1.807, 2.05) is 6.92 Å². The van der Waals surface area contributed by atoms with Gasteiger partial charge in [0, 0.05) is 0 Å². The molecule has 0 fully saturated rings. The third-order valence-corrected chi connectivity index (χ3v) is 2.33. The molecule has 1 aromatic rings. The second-order valence-corrected chi connectivity index (χ2v) is 3.08. The van der Waals surface area contributed by atoms with Gasteiger partial charge in [0.1, 0.15) is 5.69 Å².